The van der Waals surface area contributed by atoms with Crippen molar-refractivity contribution in [3.05, 3.63) is 65.7 Å². The van der Waals surface area contributed by atoms with Crippen LogP contribution in [0.2, 0.25) is 0 Å². The molecule has 0 aliphatic heterocycles. The first-order chi connectivity index (χ1) is 13.1. The van der Waals surface area contributed by atoms with E-state index in [0.29, 0.717) is 17.2 Å². The number of hydrogen-bond acceptors (Lipinski definition) is 7. The summed E-state index contributed by atoms with van der Waals surface area (Å²) in [5, 5.41) is 12.7. The van der Waals surface area contributed by atoms with Crippen molar-refractivity contribution in [2.24, 2.45) is 0 Å². The van der Waals surface area contributed by atoms with Crippen LogP contribution in [0.5, 0.6) is 0 Å². The van der Waals surface area contributed by atoms with Crippen LogP contribution in [0.15, 0.2) is 57.5 Å². The Labute approximate surface area is 154 Å². The van der Waals surface area contributed by atoms with E-state index in [1.807, 2.05) is 49.4 Å². The highest BCUT2D eigenvalue weighted by Gasteiger charge is 2.21. The monoisotopic (exact) mass is 363 g/mol. The number of para-hydroxylation sites is 1. The second kappa shape index (κ2) is 7.03. The van der Waals surface area contributed by atoms with E-state index in [0.717, 1.165) is 16.5 Å². The predicted octanol–water partition coefficient (Wildman–Crippen LogP) is 4.03. The van der Waals surface area contributed by atoms with Crippen LogP contribution in [0.25, 0.3) is 22.4 Å². The van der Waals surface area contributed by atoms with Gasteiger partial charge in [0.1, 0.15) is 5.69 Å². The Morgan fingerprint density at radius 2 is 1.89 bits per heavy atom. The Morgan fingerprint density at radius 3 is 2.70 bits per heavy atom. The molecule has 0 fully saturated rings. The van der Waals surface area contributed by atoms with Gasteiger partial charge < -0.3 is 13.7 Å². The molecule has 0 spiro atoms. The molecule has 0 N–H and O–H groups in total. The summed E-state index contributed by atoms with van der Waals surface area (Å²) < 4.78 is 16.3. The highest BCUT2D eigenvalue weighted by atomic mass is 16.6. The lowest BCUT2D eigenvalue weighted by Gasteiger charge is -2.08. The van der Waals surface area contributed by atoms with Gasteiger partial charge >= 0.3 is 5.97 Å². The van der Waals surface area contributed by atoms with Gasteiger partial charge in [0.2, 0.25) is 5.89 Å². The van der Waals surface area contributed by atoms with Gasteiger partial charge in [0.05, 0.1) is 6.42 Å². The second-order valence-corrected chi connectivity index (χ2v) is 6.25. The Hall–Kier alpha value is -3.48. The maximum Gasteiger partial charge on any atom is 0.312 e. The number of fused-ring (bicyclic) bond motifs is 1. The van der Waals surface area contributed by atoms with E-state index >= 15 is 0 Å². The van der Waals surface area contributed by atoms with E-state index in [2.05, 4.69) is 15.4 Å². The highest BCUT2D eigenvalue weighted by molar-refractivity contribution is 5.84. The van der Waals surface area contributed by atoms with Crippen LogP contribution in [0.1, 0.15) is 30.2 Å². The van der Waals surface area contributed by atoms with Gasteiger partial charge in [0, 0.05) is 10.9 Å². The van der Waals surface area contributed by atoms with Gasteiger partial charge in [-0.05, 0) is 38.1 Å². The van der Waals surface area contributed by atoms with Crippen molar-refractivity contribution in [3.63, 3.8) is 0 Å². The van der Waals surface area contributed by atoms with Crippen LogP contribution < -0.4 is 0 Å². The summed E-state index contributed by atoms with van der Waals surface area (Å²) in [6, 6.07) is 15.1. The predicted molar refractivity (Wildman–Crippen MR) is 96.7 cm³/mol. The molecule has 0 aliphatic rings. The summed E-state index contributed by atoms with van der Waals surface area (Å²) in [6.07, 6.45) is -0.664. The molecule has 4 aromatic rings. The molecular formula is C20H17N3O4. The summed E-state index contributed by atoms with van der Waals surface area (Å²) in [5.41, 5.74) is 3.12. The zero-order chi connectivity index (χ0) is 18.8. The molecule has 2 aromatic heterocycles. The number of aromatic nitrogens is 3. The lowest BCUT2D eigenvalue weighted by Crippen LogP contribution is -2.12. The van der Waals surface area contributed by atoms with Gasteiger partial charge in [-0.25, -0.2) is 0 Å². The average Bonchev–Trinajstić information content (AvgIpc) is 3.30. The minimum absolute atomic E-state index is 0.000307. The first-order valence-electron chi connectivity index (χ1n) is 8.53. The molecule has 0 bridgehead atoms. The maximum atomic E-state index is 12.3. The van der Waals surface area contributed by atoms with Crippen LogP contribution in [0, 0.1) is 6.92 Å². The molecule has 1 atom stereocenters. The van der Waals surface area contributed by atoms with E-state index < -0.39 is 12.1 Å². The van der Waals surface area contributed by atoms with E-state index in [1.54, 1.807) is 13.0 Å². The first-order valence-corrected chi connectivity index (χ1v) is 8.53. The van der Waals surface area contributed by atoms with Gasteiger partial charge in [0.25, 0.3) is 5.89 Å². The Bertz CT molecular complexity index is 1080. The minimum Gasteiger partial charge on any atom is -0.452 e. The molecule has 0 amide bonds. The van der Waals surface area contributed by atoms with E-state index in [1.165, 1.54) is 0 Å². The molecule has 2 aromatic carbocycles. The molecule has 7 nitrogen and oxygen atoms in total. The SMILES string of the molecule is Cc1ccc(-c2nnc(C(C)OC(=O)Cc3noc4ccccc34)o2)cc1. The van der Waals surface area contributed by atoms with Gasteiger partial charge in [-0.3, -0.25) is 4.79 Å². The number of esters is 1. The smallest absolute Gasteiger partial charge is 0.312 e. The quantitative estimate of drug-likeness (QED) is 0.494. The topological polar surface area (TPSA) is 91.2 Å². The third-order valence-corrected chi connectivity index (χ3v) is 4.16. The average molecular weight is 363 g/mol. The number of hydrogen-bond donors (Lipinski definition) is 0. The van der Waals surface area contributed by atoms with Crippen molar-refractivity contribution < 1.29 is 18.5 Å². The molecule has 7 heteroatoms. The van der Waals surface area contributed by atoms with Crippen LogP contribution in [0.3, 0.4) is 0 Å². The third kappa shape index (κ3) is 3.57. The second-order valence-electron chi connectivity index (χ2n) is 6.25. The van der Waals surface area contributed by atoms with Gasteiger partial charge in [-0.1, -0.05) is 35.0 Å². The number of carbonyl (C=O) groups excluding carboxylic acids is 1. The zero-order valence-electron chi connectivity index (χ0n) is 14.9. The summed E-state index contributed by atoms with van der Waals surface area (Å²) in [7, 11) is 0. The fourth-order valence-electron chi connectivity index (χ4n) is 2.70. The maximum absolute atomic E-state index is 12.3. The first kappa shape index (κ1) is 17.0. The number of carbonyl (C=O) groups is 1. The molecule has 1 unspecified atom stereocenters. The molecule has 27 heavy (non-hydrogen) atoms. The van der Waals surface area contributed by atoms with Crippen molar-refractivity contribution in [1.29, 1.82) is 0 Å². The number of nitrogens with zero attached hydrogens (tertiary/aromatic N) is 3. The summed E-state index contributed by atoms with van der Waals surface area (Å²) in [4.78, 5) is 12.3. The van der Waals surface area contributed by atoms with E-state index in [4.69, 9.17) is 13.7 Å². The van der Waals surface area contributed by atoms with Crippen molar-refractivity contribution in [3.8, 4) is 11.5 Å². The van der Waals surface area contributed by atoms with Crippen molar-refractivity contribution >= 4 is 16.9 Å². The van der Waals surface area contributed by atoms with Crippen LogP contribution >= 0.6 is 0 Å². The molecule has 0 saturated heterocycles. The van der Waals surface area contributed by atoms with Crippen molar-refractivity contribution in [1.82, 2.24) is 15.4 Å². The van der Waals surface area contributed by atoms with E-state index in [-0.39, 0.29) is 12.3 Å². The molecule has 136 valence electrons. The Morgan fingerprint density at radius 1 is 1.11 bits per heavy atom. The Kier molecular flexibility index (Phi) is 4.42. The van der Waals surface area contributed by atoms with Crippen molar-refractivity contribution in [2.45, 2.75) is 26.4 Å². The van der Waals surface area contributed by atoms with Gasteiger partial charge in [0.15, 0.2) is 11.7 Å². The molecule has 2 heterocycles. The lowest BCUT2D eigenvalue weighted by atomic mass is 10.1. The highest BCUT2D eigenvalue weighted by Crippen LogP contribution is 2.24. The minimum atomic E-state index is -0.664. The van der Waals surface area contributed by atoms with Crippen LogP contribution in [-0.4, -0.2) is 21.3 Å². The summed E-state index contributed by atoms with van der Waals surface area (Å²) in [5.74, 6) is 0.177. The van der Waals surface area contributed by atoms with Crippen LogP contribution in [0.4, 0.5) is 0 Å². The summed E-state index contributed by atoms with van der Waals surface area (Å²) in [6.45, 7) is 3.69. The van der Waals surface area contributed by atoms with Crippen molar-refractivity contribution in [2.75, 3.05) is 0 Å². The standard InChI is InChI=1S/C20H17N3O4/c1-12-7-9-14(10-8-12)20-22-21-19(26-20)13(2)25-18(24)11-16-15-5-3-4-6-17(15)27-23-16/h3-10,13H,11H2,1-2H3. The zero-order valence-corrected chi connectivity index (χ0v) is 14.9. The Balaban J connectivity index is 1.43. The van der Waals surface area contributed by atoms with Gasteiger partial charge in [-0.2, -0.15) is 0 Å². The molecule has 0 saturated carbocycles. The summed E-state index contributed by atoms with van der Waals surface area (Å²) >= 11 is 0. The fraction of sp³-hybridized carbons (Fsp3) is 0.200. The number of aryl methyl sites for hydroxylation is 1. The van der Waals surface area contributed by atoms with E-state index in [9.17, 15) is 4.79 Å². The molecule has 0 aliphatic carbocycles. The lowest BCUT2D eigenvalue weighted by molar-refractivity contribution is -0.148. The van der Waals surface area contributed by atoms with Crippen LogP contribution in [-0.2, 0) is 16.0 Å². The fourth-order valence-corrected chi connectivity index (χ4v) is 2.70. The van der Waals surface area contributed by atoms with Gasteiger partial charge in [-0.15, -0.1) is 10.2 Å². The molecular weight excluding hydrogens is 346 g/mol. The number of rotatable bonds is 5. The third-order valence-electron chi connectivity index (χ3n) is 4.16. The number of ether oxygens (including phenoxy) is 1. The largest absolute Gasteiger partial charge is 0.452 e. The molecule has 4 rings (SSSR count). The number of benzene rings is 2. The normalized spacial score (nSPS) is 12.2. The molecule has 0 radical (unpaired) electrons.